The van der Waals surface area contributed by atoms with Crippen molar-refractivity contribution in [3.63, 3.8) is 0 Å². The molecule has 1 aromatic heterocycles. The minimum absolute atomic E-state index is 0.00339. The third-order valence-electron chi connectivity index (χ3n) is 6.99. The fourth-order valence-corrected chi connectivity index (χ4v) is 5.11. The summed E-state index contributed by atoms with van der Waals surface area (Å²) in [5, 5.41) is 0. The minimum Gasteiger partial charge on any atom is -0.409 e. The van der Waals surface area contributed by atoms with Gasteiger partial charge in [0.05, 0.1) is 17.3 Å². The molecule has 9 nitrogen and oxygen atoms in total. The maximum atomic E-state index is 13.1. The first kappa shape index (κ1) is 30.8. The fourth-order valence-electron chi connectivity index (χ4n) is 4.76. The smallest absolute Gasteiger partial charge is 0.409 e. The fraction of sp³-hybridized carbons (Fsp3) is 0.344. The molecule has 0 aliphatic heterocycles. The van der Waals surface area contributed by atoms with E-state index in [0.717, 1.165) is 72.9 Å². The Morgan fingerprint density at radius 3 is 2.38 bits per heavy atom. The van der Waals surface area contributed by atoms with Crippen molar-refractivity contribution in [2.45, 2.75) is 52.5 Å². The molecule has 3 aromatic carbocycles. The number of unbranched alkanes of at least 4 members (excludes halogenated alkanes) is 2. The summed E-state index contributed by atoms with van der Waals surface area (Å²) in [6, 6.07) is 20.6. The zero-order valence-corrected chi connectivity index (χ0v) is 25.4. The quantitative estimate of drug-likeness (QED) is 0.216. The van der Waals surface area contributed by atoms with Crippen LogP contribution >= 0.6 is 0 Å². The van der Waals surface area contributed by atoms with Crippen LogP contribution in [0.4, 0.5) is 4.79 Å². The molecule has 0 saturated heterocycles. The predicted molar refractivity (Wildman–Crippen MR) is 165 cm³/mol. The predicted octanol–water partition coefficient (Wildman–Crippen LogP) is 6.01. The molecule has 0 atom stereocenters. The number of imidazole rings is 1. The third-order valence-corrected chi connectivity index (χ3v) is 7.52. The van der Waals surface area contributed by atoms with Crippen LogP contribution in [-0.4, -0.2) is 54.7 Å². The highest BCUT2D eigenvalue weighted by Gasteiger charge is 2.17. The van der Waals surface area contributed by atoms with Gasteiger partial charge in [-0.05, 0) is 48.2 Å². The van der Waals surface area contributed by atoms with Gasteiger partial charge in [0.1, 0.15) is 11.6 Å². The van der Waals surface area contributed by atoms with Gasteiger partial charge in [-0.1, -0.05) is 69.2 Å². The number of rotatable bonds is 12. The summed E-state index contributed by atoms with van der Waals surface area (Å²) >= 11 is 0. The molecule has 4 rings (SSSR count). The Morgan fingerprint density at radius 2 is 1.69 bits per heavy atom. The molecule has 222 valence electrons. The summed E-state index contributed by atoms with van der Waals surface area (Å²) in [4.78, 5) is 31.9. The number of carbonyl (C=O) groups is 2. The van der Waals surface area contributed by atoms with Crippen LogP contribution in [0.2, 0.25) is 0 Å². The summed E-state index contributed by atoms with van der Waals surface area (Å²) < 4.78 is 32.1. The summed E-state index contributed by atoms with van der Waals surface area (Å²) in [5.41, 5.74) is 4.95. The molecule has 1 N–H and O–H groups in total. The second kappa shape index (κ2) is 13.7. The number of aryl methyl sites for hydroxylation is 1. The van der Waals surface area contributed by atoms with E-state index in [2.05, 4.69) is 18.4 Å². The molecule has 0 radical (unpaired) electrons. The average molecular weight is 591 g/mol. The Hall–Kier alpha value is -4.18. The molecule has 0 fully saturated rings. The summed E-state index contributed by atoms with van der Waals surface area (Å²) in [6.45, 7) is 5.56. The van der Waals surface area contributed by atoms with Gasteiger partial charge in [-0.3, -0.25) is 4.79 Å². The van der Waals surface area contributed by atoms with Gasteiger partial charge in [0, 0.05) is 37.7 Å². The molecule has 10 heteroatoms. The number of nitrogens with zero attached hydrogens (tertiary/aromatic N) is 3. The number of fused-ring (bicyclic) bond motifs is 1. The Morgan fingerprint density at radius 1 is 0.976 bits per heavy atom. The van der Waals surface area contributed by atoms with Crippen molar-refractivity contribution in [1.29, 1.82) is 0 Å². The first-order chi connectivity index (χ1) is 20.1. The van der Waals surface area contributed by atoms with Gasteiger partial charge in [0.25, 0.3) is 5.91 Å². The number of para-hydroxylation sites is 1. The lowest BCUT2D eigenvalue weighted by Crippen LogP contribution is -2.32. The summed E-state index contributed by atoms with van der Waals surface area (Å²) in [5.74, 6) is 1.23. The van der Waals surface area contributed by atoms with E-state index in [1.807, 2.05) is 60.3 Å². The van der Waals surface area contributed by atoms with Gasteiger partial charge in [-0.25, -0.2) is 22.9 Å². The van der Waals surface area contributed by atoms with Crippen LogP contribution in [-0.2, 0) is 23.0 Å². The molecule has 4 aromatic rings. The average Bonchev–Trinajstić information content (AvgIpc) is 3.30. The van der Waals surface area contributed by atoms with Crippen LogP contribution in [0, 0.1) is 0 Å². The zero-order chi connectivity index (χ0) is 30.3. The number of aromatic nitrogens is 2. The number of amides is 2. The molecular formula is C32H38N4O5S. The van der Waals surface area contributed by atoms with Gasteiger partial charge in [0.15, 0.2) is 0 Å². The van der Waals surface area contributed by atoms with E-state index in [0.29, 0.717) is 17.7 Å². The molecule has 0 bridgehead atoms. The second-order valence-corrected chi connectivity index (χ2v) is 12.2. The lowest BCUT2D eigenvalue weighted by atomic mass is 10.0. The van der Waals surface area contributed by atoms with Gasteiger partial charge in [-0.15, -0.1) is 0 Å². The number of carbonyl (C=O) groups excluding carboxylic acids is 2. The van der Waals surface area contributed by atoms with E-state index in [1.165, 1.54) is 0 Å². The van der Waals surface area contributed by atoms with Gasteiger partial charge in [-0.2, -0.15) is 0 Å². The third kappa shape index (κ3) is 7.76. The monoisotopic (exact) mass is 590 g/mol. The topological polar surface area (TPSA) is 111 Å². The van der Waals surface area contributed by atoms with Gasteiger partial charge < -0.3 is 14.2 Å². The van der Waals surface area contributed by atoms with Crippen molar-refractivity contribution in [3.05, 3.63) is 83.7 Å². The summed E-state index contributed by atoms with van der Waals surface area (Å²) in [6.07, 6.45) is 4.71. The van der Waals surface area contributed by atoms with Crippen molar-refractivity contribution in [3.8, 4) is 16.9 Å². The van der Waals surface area contributed by atoms with Crippen LogP contribution < -0.4 is 9.46 Å². The van der Waals surface area contributed by atoms with Crippen molar-refractivity contribution in [2.75, 3.05) is 19.8 Å². The Kier molecular flexibility index (Phi) is 10.0. The highest BCUT2D eigenvalue weighted by Crippen LogP contribution is 2.31. The van der Waals surface area contributed by atoms with E-state index in [-0.39, 0.29) is 11.7 Å². The van der Waals surface area contributed by atoms with E-state index in [1.54, 1.807) is 23.1 Å². The Bertz CT molecular complexity index is 1660. The number of sulfonamides is 1. The van der Waals surface area contributed by atoms with Crippen LogP contribution in [0.25, 0.3) is 22.2 Å². The normalized spacial score (nSPS) is 11.4. The summed E-state index contributed by atoms with van der Waals surface area (Å²) in [7, 11) is -1.90. The number of ether oxygens (including phenoxy) is 1. The first-order valence-corrected chi connectivity index (χ1v) is 16.1. The van der Waals surface area contributed by atoms with Crippen LogP contribution in [0.5, 0.6) is 5.75 Å². The molecule has 0 spiro atoms. The Labute approximate surface area is 247 Å². The lowest BCUT2D eigenvalue weighted by Gasteiger charge is -2.17. The SMILES string of the molecule is CCCCc1nc2ccc(C(=O)N(C)CCCC)cc2n1Cc1ccc(-c2ccccc2OC(=O)NS(C)(=O)=O)cc1. The van der Waals surface area contributed by atoms with Crippen LogP contribution in [0.1, 0.15) is 61.3 Å². The molecule has 42 heavy (non-hydrogen) atoms. The molecule has 1 heterocycles. The second-order valence-electron chi connectivity index (χ2n) is 10.5. The van der Waals surface area contributed by atoms with E-state index >= 15 is 0 Å². The highest BCUT2D eigenvalue weighted by atomic mass is 32.2. The van der Waals surface area contributed by atoms with E-state index in [4.69, 9.17) is 9.72 Å². The van der Waals surface area contributed by atoms with Crippen molar-refractivity contribution in [1.82, 2.24) is 19.2 Å². The number of hydrogen-bond donors (Lipinski definition) is 1. The molecule has 0 saturated carbocycles. The molecule has 0 aliphatic rings. The molecular weight excluding hydrogens is 552 g/mol. The van der Waals surface area contributed by atoms with E-state index in [9.17, 15) is 18.0 Å². The van der Waals surface area contributed by atoms with Gasteiger partial charge in [0.2, 0.25) is 10.0 Å². The number of nitrogens with one attached hydrogen (secondary N) is 1. The van der Waals surface area contributed by atoms with Crippen molar-refractivity contribution in [2.24, 2.45) is 0 Å². The maximum absolute atomic E-state index is 13.1. The zero-order valence-electron chi connectivity index (χ0n) is 24.6. The standard InChI is InChI=1S/C32H38N4O5S/c1-5-7-13-30-33-27-19-18-25(31(37)35(3)20-8-6-2)21-28(27)36(30)22-23-14-16-24(17-15-23)26-11-9-10-12-29(26)41-32(38)34-42(4,39)40/h9-12,14-19,21H,5-8,13,20,22H2,1-4H3,(H,34,38). The largest absolute Gasteiger partial charge is 0.426 e. The Balaban J connectivity index is 1.62. The van der Waals surface area contributed by atoms with Crippen molar-refractivity contribution >= 4 is 33.1 Å². The first-order valence-electron chi connectivity index (χ1n) is 14.2. The van der Waals surface area contributed by atoms with Gasteiger partial charge >= 0.3 is 6.09 Å². The number of benzene rings is 3. The van der Waals surface area contributed by atoms with E-state index < -0.39 is 16.1 Å². The molecule has 0 unspecified atom stereocenters. The lowest BCUT2D eigenvalue weighted by molar-refractivity contribution is 0.0793. The molecule has 0 aliphatic carbocycles. The highest BCUT2D eigenvalue weighted by molar-refractivity contribution is 7.89. The van der Waals surface area contributed by atoms with Crippen molar-refractivity contribution < 1.29 is 22.7 Å². The van der Waals surface area contributed by atoms with Crippen LogP contribution in [0.15, 0.2) is 66.7 Å². The number of hydrogen-bond acceptors (Lipinski definition) is 6. The molecule has 2 amide bonds. The maximum Gasteiger partial charge on any atom is 0.426 e. The van der Waals surface area contributed by atoms with Crippen LogP contribution in [0.3, 0.4) is 0 Å². The minimum atomic E-state index is -3.75.